The maximum atomic E-state index is 12.5. The Labute approximate surface area is 215 Å². The number of halogens is 1. The number of anilines is 4. The van der Waals surface area contributed by atoms with Gasteiger partial charge in [0.05, 0.1) is 12.0 Å². The molecular formula is C26H24ClN5O3S. The Morgan fingerprint density at radius 3 is 2.19 bits per heavy atom. The molecule has 0 aliphatic rings. The summed E-state index contributed by atoms with van der Waals surface area (Å²) in [6.07, 6.45) is 0. The van der Waals surface area contributed by atoms with E-state index in [2.05, 4.69) is 15.4 Å². The minimum atomic E-state index is -3.63. The van der Waals surface area contributed by atoms with Gasteiger partial charge in [-0.15, -0.1) is 12.4 Å². The first-order valence-corrected chi connectivity index (χ1v) is 12.4. The lowest BCUT2D eigenvalue weighted by molar-refractivity contribution is 0.419. The number of nitrogens with zero attached hydrogens (tertiary/aromatic N) is 2. The minimum absolute atomic E-state index is 0. The average Bonchev–Trinajstić information content (AvgIpc) is 2.89. The summed E-state index contributed by atoms with van der Waals surface area (Å²) >= 11 is 0. The van der Waals surface area contributed by atoms with Crippen molar-refractivity contribution in [2.45, 2.75) is 4.90 Å². The van der Waals surface area contributed by atoms with Gasteiger partial charge < -0.3 is 15.4 Å². The van der Waals surface area contributed by atoms with Gasteiger partial charge in [-0.25, -0.2) is 18.1 Å². The highest BCUT2D eigenvalue weighted by atomic mass is 35.5. The highest BCUT2D eigenvalue weighted by Crippen LogP contribution is 2.34. The van der Waals surface area contributed by atoms with E-state index in [9.17, 15) is 8.42 Å². The van der Waals surface area contributed by atoms with Crippen molar-refractivity contribution in [3.05, 3.63) is 84.9 Å². The largest absolute Gasteiger partial charge is 0.494 e. The molecule has 0 amide bonds. The molecule has 0 saturated heterocycles. The number of sulfonamides is 1. The molecule has 1 aromatic heterocycles. The van der Waals surface area contributed by atoms with Crippen LogP contribution < -0.4 is 20.1 Å². The third kappa shape index (κ3) is 4.76. The highest BCUT2D eigenvalue weighted by Gasteiger charge is 2.17. The smallest absolute Gasteiger partial charge is 0.240 e. The molecule has 0 aliphatic heterocycles. The van der Waals surface area contributed by atoms with Gasteiger partial charge in [-0.1, -0.05) is 48.5 Å². The molecule has 0 aliphatic carbocycles. The van der Waals surface area contributed by atoms with Crippen LogP contribution >= 0.6 is 12.4 Å². The highest BCUT2D eigenvalue weighted by molar-refractivity contribution is 7.89. The van der Waals surface area contributed by atoms with Crippen LogP contribution in [0.3, 0.4) is 0 Å². The van der Waals surface area contributed by atoms with Gasteiger partial charge in [0, 0.05) is 27.5 Å². The SMILES string of the molecule is CNS(=O)(=O)c1cccc2c(Nc3nc(Nc4ccccc4)c4cccc(OC)c4n3)cccc12.Cl. The van der Waals surface area contributed by atoms with Gasteiger partial charge in [-0.3, -0.25) is 0 Å². The molecule has 10 heteroatoms. The summed E-state index contributed by atoms with van der Waals surface area (Å²) in [6, 6.07) is 26.0. The zero-order valence-electron chi connectivity index (χ0n) is 19.5. The number of nitrogens with one attached hydrogen (secondary N) is 3. The number of hydrogen-bond acceptors (Lipinski definition) is 7. The first kappa shape index (κ1) is 25.2. The van der Waals surface area contributed by atoms with Crippen LogP contribution in [0.4, 0.5) is 23.1 Å². The number of fused-ring (bicyclic) bond motifs is 2. The molecule has 4 aromatic carbocycles. The van der Waals surface area contributed by atoms with Crippen LogP contribution in [-0.4, -0.2) is 32.5 Å². The molecular weight excluding hydrogens is 498 g/mol. The second kappa shape index (κ2) is 10.4. The lowest BCUT2D eigenvalue weighted by Gasteiger charge is -2.15. The molecule has 0 unspecified atom stereocenters. The number of rotatable bonds is 7. The summed E-state index contributed by atoms with van der Waals surface area (Å²) in [5, 5.41) is 8.77. The fourth-order valence-corrected chi connectivity index (χ4v) is 4.90. The van der Waals surface area contributed by atoms with Gasteiger partial charge in [0.25, 0.3) is 0 Å². The van der Waals surface area contributed by atoms with Crippen molar-refractivity contribution in [3.63, 3.8) is 0 Å². The lowest BCUT2D eigenvalue weighted by Crippen LogP contribution is -2.18. The molecule has 5 rings (SSSR count). The van der Waals surface area contributed by atoms with Crippen LogP contribution in [0, 0.1) is 0 Å². The number of methoxy groups -OCH3 is 1. The van der Waals surface area contributed by atoms with Gasteiger partial charge >= 0.3 is 0 Å². The minimum Gasteiger partial charge on any atom is -0.494 e. The van der Waals surface area contributed by atoms with Crippen LogP contribution in [0.15, 0.2) is 89.8 Å². The monoisotopic (exact) mass is 521 g/mol. The molecule has 1 heterocycles. The van der Waals surface area contributed by atoms with Gasteiger partial charge in [0.15, 0.2) is 0 Å². The van der Waals surface area contributed by atoms with E-state index in [1.54, 1.807) is 31.4 Å². The third-order valence-electron chi connectivity index (χ3n) is 5.63. The quantitative estimate of drug-likeness (QED) is 0.255. The molecule has 0 bridgehead atoms. The van der Waals surface area contributed by atoms with E-state index in [-0.39, 0.29) is 17.3 Å². The molecule has 3 N–H and O–H groups in total. The second-order valence-electron chi connectivity index (χ2n) is 7.73. The first-order chi connectivity index (χ1) is 17.0. The molecule has 8 nitrogen and oxygen atoms in total. The van der Waals surface area contributed by atoms with E-state index in [4.69, 9.17) is 14.7 Å². The van der Waals surface area contributed by atoms with Gasteiger partial charge in [-0.05, 0) is 43.4 Å². The fraction of sp³-hybridized carbons (Fsp3) is 0.0769. The van der Waals surface area contributed by atoms with Crippen LogP contribution in [-0.2, 0) is 10.0 Å². The van der Waals surface area contributed by atoms with E-state index in [0.717, 1.165) is 16.5 Å². The third-order valence-corrected chi connectivity index (χ3v) is 7.11. The molecule has 0 fully saturated rings. The van der Waals surface area contributed by atoms with Crippen molar-refractivity contribution in [1.82, 2.24) is 14.7 Å². The molecule has 0 atom stereocenters. The normalized spacial score (nSPS) is 11.2. The topological polar surface area (TPSA) is 105 Å². The summed E-state index contributed by atoms with van der Waals surface area (Å²) in [7, 11) is -0.633. The second-order valence-corrected chi connectivity index (χ2v) is 9.59. The zero-order chi connectivity index (χ0) is 24.4. The predicted octanol–water partition coefficient (Wildman–Crippen LogP) is 5.61. The van der Waals surface area contributed by atoms with E-state index >= 15 is 0 Å². The Morgan fingerprint density at radius 2 is 1.44 bits per heavy atom. The zero-order valence-corrected chi connectivity index (χ0v) is 21.2. The summed E-state index contributed by atoms with van der Waals surface area (Å²) < 4.78 is 33.0. The van der Waals surface area contributed by atoms with Crippen LogP contribution in [0.2, 0.25) is 0 Å². The molecule has 0 radical (unpaired) electrons. The van der Waals surface area contributed by atoms with Crippen molar-refractivity contribution in [1.29, 1.82) is 0 Å². The molecule has 5 aromatic rings. The van der Waals surface area contributed by atoms with Crippen LogP contribution in [0.1, 0.15) is 0 Å². The molecule has 184 valence electrons. The average molecular weight is 522 g/mol. The van der Waals surface area contributed by atoms with Gasteiger partial charge in [0.2, 0.25) is 16.0 Å². The van der Waals surface area contributed by atoms with Crippen molar-refractivity contribution in [2.75, 3.05) is 24.8 Å². The molecule has 0 saturated carbocycles. The Bertz CT molecular complexity index is 1650. The van der Waals surface area contributed by atoms with E-state index in [1.165, 1.54) is 7.05 Å². The summed E-state index contributed by atoms with van der Waals surface area (Å²) in [4.78, 5) is 9.66. The Hall–Kier alpha value is -3.92. The standard InChI is InChI=1S/C26H23N5O3S.ClH/c1-27-35(32,33)23-16-8-11-18-19(23)12-6-14-21(18)29-26-30-24-20(13-7-15-22(24)34-2)25(31-26)28-17-9-4-3-5-10-17;/h3-16,27H,1-2H3,(H2,28,29,30,31);1H. The summed E-state index contributed by atoms with van der Waals surface area (Å²) in [5.41, 5.74) is 2.20. The van der Waals surface area contributed by atoms with Gasteiger partial charge in [0.1, 0.15) is 17.1 Å². The fourth-order valence-electron chi connectivity index (χ4n) is 3.95. The van der Waals surface area contributed by atoms with E-state index in [0.29, 0.717) is 34.1 Å². The first-order valence-electron chi connectivity index (χ1n) is 10.9. The van der Waals surface area contributed by atoms with Crippen molar-refractivity contribution in [2.24, 2.45) is 0 Å². The number of ether oxygens (including phenoxy) is 1. The maximum Gasteiger partial charge on any atom is 0.240 e. The Morgan fingerprint density at radius 1 is 0.750 bits per heavy atom. The number of benzene rings is 4. The maximum absolute atomic E-state index is 12.5. The van der Waals surface area contributed by atoms with E-state index < -0.39 is 10.0 Å². The number of hydrogen-bond donors (Lipinski definition) is 3. The number of para-hydroxylation sites is 2. The summed E-state index contributed by atoms with van der Waals surface area (Å²) in [5.74, 6) is 1.57. The Balaban J connectivity index is 0.00000304. The van der Waals surface area contributed by atoms with Crippen molar-refractivity contribution >= 4 is 67.2 Å². The van der Waals surface area contributed by atoms with Crippen LogP contribution in [0.25, 0.3) is 21.7 Å². The molecule has 36 heavy (non-hydrogen) atoms. The number of aromatic nitrogens is 2. The van der Waals surface area contributed by atoms with Crippen molar-refractivity contribution in [3.8, 4) is 5.75 Å². The van der Waals surface area contributed by atoms with Crippen LogP contribution in [0.5, 0.6) is 5.75 Å². The Kier molecular flexibility index (Phi) is 7.25. The lowest BCUT2D eigenvalue weighted by atomic mass is 10.1. The predicted molar refractivity (Wildman–Crippen MR) is 147 cm³/mol. The van der Waals surface area contributed by atoms with E-state index in [1.807, 2.05) is 60.7 Å². The van der Waals surface area contributed by atoms with Gasteiger partial charge in [-0.2, -0.15) is 4.98 Å². The summed E-state index contributed by atoms with van der Waals surface area (Å²) in [6.45, 7) is 0. The molecule has 0 spiro atoms. The van der Waals surface area contributed by atoms with Crippen molar-refractivity contribution < 1.29 is 13.2 Å².